The maximum Gasteiger partial charge on any atom is -0.0297 e. The van der Waals surface area contributed by atoms with Crippen molar-refractivity contribution in [1.29, 1.82) is 0 Å². The Bertz CT molecular complexity index is 283. The fourth-order valence-electron chi connectivity index (χ4n) is 5.14. The first kappa shape index (κ1) is 23.0. The molecule has 2 unspecified atom stereocenters. The van der Waals surface area contributed by atoms with Crippen molar-refractivity contribution < 1.29 is 0 Å². The highest BCUT2D eigenvalue weighted by Crippen LogP contribution is 2.50. The first-order valence-electron chi connectivity index (χ1n) is 12.2. The molecule has 0 spiro atoms. The minimum absolute atomic E-state index is 0.751. The van der Waals surface area contributed by atoms with Gasteiger partial charge in [0.05, 0.1) is 0 Å². The smallest absolute Gasteiger partial charge is 0.0297 e. The molecule has 0 aromatic heterocycles. The van der Waals surface area contributed by atoms with E-state index >= 15 is 0 Å². The number of hydrogen-bond donors (Lipinski definition) is 0. The summed E-state index contributed by atoms with van der Waals surface area (Å²) in [6, 6.07) is 0. The monoisotopic (exact) mass is 350 g/mol. The lowest BCUT2D eigenvalue weighted by Crippen LogP contribution is -2.32. The summed E-state index contributed by atoms with van der Waals surface area (Å²) >= 11 is 0. The summed E-state index contributed by atoms with van der Waals surface area (Å²) < 4.78 is 0. The summed E-state index contributed by atoms with van der Waals surface area (Å²) in [6.07, 6.45) is 26.5. The highest BCUT2D eigenvalue weighted by atomic mass is 14.4. The highest BCUT2D eigenvalue weighted by Gasteiger charge is 2.37. The SMILES string of the molecule is CCCCCCCCC(CCCCCCC)C(C)CC1(CC)CCC1. The molecule has 2 atom stereocenters. The maximum absolute atomic E-state index is 2.60. The molecule has 0 aromatic carbocycles. The third-order valence-corrected chi connectivity index (χ3v) is 7.33. The zero-order chi connectivity index (χ0) is 18.4. The van der Waals surface area contributed by atoms with Gasteiger partial charge in [0.15, 0.2) is 0 Å². The Morgan fingerprint density at radius 2 is 1.16 bits per heavy atom. The molecule has 0 aromatic rings. The molecule has 1 fully saturated rings. The maximum atomic E-state index is 2.60. The molecule has 150 valence electrons. The van der Waals surface area contributed by atoms with Gasteiger partial charge in [-0.05, 0) is 36.5 Å². The average molecular weight is 351 g/mol. The van der Waals surface area contributed by atoms with Gasteiger partial charge in [-0.15, -0.1) is 0 Å². The van der Waals surface area contributed by atoms with Gasteiger partial charge in [0.25, 0.3) is 0 Å². The Hall–Kier alpha value is 0. The van der Waals surface area contributed by atoms with Crippen LogP contribution in [-0.4, -0.2) is 0 Å². The normalized spacial score (nSPS) is 18.7. The van der Waals surface area contributed by atoms with Crippen molar-refractivity contribution in [2.24, 2.45) is 17.3 Å². The second-order valence-corrected chi connectivity index (χ2v) is 9.41. The Balaban J connectivity index is 2.34. The Morgan fingerprint density at radius 3 is 1.56 bits per heavy atom. The molecule has 0 heterocycles. The highest BCUT2D eigenvalue weighted by molar-refractivity contribution is 4.89. The van der Waals surface area contributed by atoms with E-state index in [2.05, 4.69) is 27.7 Å². The number of unbranched alkanes of at least 4 members (excludes halogenated alkanes) is 9. The first-order valence-corrected chi connectivity index (χ1v) is 12.2. The van der Waals surface area contributed by atoms with E-state index in [0.717, 1.165) is 17.3 Å². The predicted octanol–water partition coefficient (Wildman–Crippen LogP) is 9.32. The molecule has 0 amide bonds. The van der Waals surface area contributed by atoms with E-state index < -0.39 is 0 Å². The first-order chi connectivity index (χ1) is 12.2. The molecule has 0 radical (unpaired) electrons. The lowest BCUT2D eigenvalue weighted by Gasteiger charge is -2.44. The molecule has 0 N–H and O–H groups in total. The lowest BCUT2D eigenvalue weighted by molar-refractivity contribution is 0.0713. The molecule has 0 saturated heterocycles. The number of hydrogen-bond acceptors (Lipinski definition) is 0. The van der Waals surface area contributed by atoms with Crippen LogP contribution in [0.2, 0.25) is 0 Å². The minimum Gasteiger partial charge on any atom is -0.0654 e. The van der Waals surface area contributed by atoms with Crippen molar-refractivity contribution in [3.63, 3.8) is 0 Å². The van der Waals surface area contributed by atoms with Crippen LogP contribution in [-0.2, 0) is 0 Å². The third kappa shape index (κ3) is 9.48. The fraction of sp³-hybridized carbons (Fsp3) is 1.00. The van der Waals surface area contributed by atoms with E-state index in [9.17, 15) is 0 Å². The average Bonchev–Trinajstić information content (AvgIpc) is 2.58. The second kappa shape index (κ2) is 14.1. The van der Waals surface area contributed by atoms with Crippen molar-refractivity contribution in [2.75, 3.05) is 0 Å². The van der Waals surface area contributed by atoms with Gasteiger partial charge < -0.3 is 0 Å². The molecule has 0 aliphatic heterocycles. The van der Waals surface area contributed by atoms with Crippen LogP contribution in [0, 0.1) is 17.3 Å². The molecular formula is C25H50. The second-order valence-electron chi connectivity index (χ2n) is 9.41. The van der Waals surface area contributed by atoms with E-state index in [1.165, 1.54) is 116 Å². The van der Waals surface area contributed by atoms with Crippen LogP contribution < -0.4 is 0 Å². The van der Waals surface area contributed by atoms with Gasteiger partial charge in [-0.3, -0.25) is 0 Å². The van der Waals surface area contributed by atoms with Crippen LogP contribution in [0.1, 0.15) is 143 Å². The molecule has 0 heteroatoms. The topological polar surface area (TPSA) is 0 Å². The number of rotatable bonds is 17. The molecule has 0 bridgehead atoms. The largest absolute Gasteiger partial charge is 0.0654 e. The molecule has 1 aliphatic rings. The molecule has 1 aliphatic carbocycles. The van der Waals surface area contributed by atoms with E-state index in [0.29, 0.717) is 0 Å². The Morgan fingerprint density at radius 1 is 0.680 bits per heavy atom. The van der Waals surface area contributed by atoms with Crippen LogP contribution in [0.15, 0.2) is 0 Å². The van der Waals surface area contributed by atoms with Gasteiger partial charge in [0.2, 0.25) is 0 Å². The molecule has 25 heavy (non-hydrogen) atoms. The summed E-state index contributed by atoms with van der Waals surface area (Å²) in [6.45, 7) is 9.69. The summed E-state index contributed by atoms with van der Waals surface area (Å²) in [5, 5.41) is 0. The zero-order valence-electron chi connectivity index (χ0n) is 18.4. The molecule has 1 saturated carbocycles. The minimum atomic E-state index is 0.751. The van der Waals surface area contributed by atoms with E-state index in [4.69, 9.17) is 0 Å². The van der Waals surface area contributed by atoms with Crippen LogP contribution >= 0.6 is 0 Å². The van der Waals surface area contributed by atoms with Gasteiger partial charge >= 0.3 is 0 Å². The summed E-state index contributed by atoms with van der Waals surface area (Å²) in [5.41, 5.74) is 0.751. The van der Waals surface area contributed by atoms with E-state index in [1.807, 2.05) is 0 Å². The standard InChI is InChI=1S/C25H50/c1-5-8-10-12-14-16-19-24(18-15-13-11-9-6-2)23(4)22-25(7-3)20-17-21-25/h23-24H,5-22H2,1-4H3. The predicted molar refractivity (Wildman–Crippen MR) is 115 cm³/mol. The quantitative estimate of drug-likeness (QED) is 0.229. The fourth-order valence-corrected chi connectivity index (χ4v) is 5.14. The Labute approximate surface area is 160 Å². The van der Waals surface area contributed by atoms with Crippen molar-refractivity contribution in [3.05, 3.63) is 0 Å². The van der Waals surface area contributed by atoms with Gasteiger partial charge in [-0.25, -0.2) is 0 Å². The summed E-state index contributed by atoms with van der Waals surface area (Å²) in [5.74, 6) is 1.97. The van der Waals surface area contributed by atoms with Crippen LogP contribution in [0.25, 0.3) is 0 Å². The van der Waals surface area contributed by atoms with Crippen molar-refractivity contribution in [3.8, 4) is 0 Å². The van der Waals surface area contributed by atoms with Crippen LogP contribution in [0.4, 0.5) is 0 Å². The van der Waals surface area contributed by atoms with Gasteiger partial charge in [-0.1, -0.05) is 124 Å². The van der Waals surface area contributed by atoms with Crippen molar-refractivity contribution >= 4 is 0 Å². The third-order valence-electron chi connectivity index (χ3n) is 7.33. The molecule has 0 nitrogen and oxygen atoms in total. The van der Waals surface area contributed by atoms with Gasteiger partial charge in [0.1, 0.15) is 0 Å². The zero-order valence-corrected chi connectivity index (χ0v) is 18.4. The molecule has 1 rings (SSSR count). The van der Waals surface area contributed by atoms with E-state index in [1.54, 1.807) is 0 Å². The summed E-state index contributed by atoms with van der Waals surface area (Å²) in [4.78, 5) is 0. The van der Waals surface area contributed by atoms with Crippen molar-refractivity contribution in [2.45, 2.75) is 143 Å². The molecular weight excluding hydrogens is 300 g/mol. The summed E-state index contributed by atoms with van der Waals surface area (Å²) in [7, 11) is 0. The van der Waals surface area contributed by atoms with Crippen LogP contribution in [0.5, 0.6) is 0 Å². The van der Waals surface area contributed by atoms with Gasteiger partial charge in [-0.2, -0.15) is 0 Å². The Kier molecular flexibility index (Phi) is 13.0. The van der Waals surface area contributed by atoms with E-state index in [-0.39, 0.29) is 0 Å². The van der Waals surface area contributed by atoms with Crippen LogP contribution in [0.3, 0.4) is 0 Å². The van der Waals surface area contributed by atoms with Crippen molar-refractivity contribution in [1.82, 2.24) is 0 Å². The van der Waals surface area contributed by atoms with Gasteiger partial charge in [0, 0.05) is 0 Å². The lowest BCUT2D eigenvalue weighted by atomic mass is 9.61.